The van der Waals surface area contributed by atoms with Crippen LogP contribution in [0.3, 0.4) is 0 Å². The van der Waals surface area contributed by atoms with E-state index in [1.54, 1.807) is 30.3 Å². The SMILES string of the molecule is O=C(O)C(Cc1ccccc1)N(Cc1sccc1-c1cc(C(F)(F)F)cc(C(F)(F)F)c1)C(=O)c1ccc(Cl)cc1Cl. The van der Waals surface area contributed by atoms with Gasteiger partial charge < -0.3 is 10.0 Å². The van der Waals surface area contributed by atoms with Crippen molar-refractivity contribution in [2.24, 2.45) is 0 Å². The average molecular weight is 646 g/mol. The van der Waals surface area contributed by atoms with Crippen molar-refractivity contribution >= 4 is 46.4 Å². The lowest BCUT2D eigenvalue weighted by atomic mass is 9.98. The number of benzene rings is 3. The Bertz CT molecular complexity index is 1570. The lowest BCUT2D eigenvalue weighted by molar-refractivity contribution is -0.144. The molecule has 0 aliphatic heterocycles. The molecule has 4 rings (SSSR count). The molecule has 1 heterocycles. The predicted octanol–water partition coefficient (Wildman–Crippen LogP) is 9.10. The number of carboxylic acid groups (broad SMARTS) is 1. The van der Waals surface area contributed by atoms with Crippen molar-refractivity contribution in [2.75, 3.05) is 0 Å². The summed E-state index contributed by atoms with van der Waals surface area (Å²) in [7, 11) is 0. The minimum absolute atomic E-state index is 0.0135. The van der Waals surface area contributed by atoms with Crippen molar-refractivity contribution in [3.8, 4) is 11.1 Å². The molecule has 220 valence electrons. The van der Waals surface area contributed by atoms with Gasteiger partial charge in [0.15, 0.2) is 0 Å². The number of hydrogen-bond donors (Lipinski definition) is 1. The van der Waals surface area contributed by atoms with Gasteiger partial charge in [0, 0.05) is 16.3 Å². The summed E-state index contributed by atoms with van der Waals surface area (Å²) in [6.45, 7) is -0.452. The number of thiophene rings is 1. The Labute approximate surface area is 249 Å². The van der Waals surface area contributed by atoms with Gasteiger partial charge in [-0.05, 0) is 64.5 Å². The fraction of sp³-hybridized carbons (Fsp3) is 0.172. The van der Waals surface area contributed by atoms with Gasteiger partial charge in [-0.3, -0.25) is 4.79 Å². The number of alkyl halides is 6. The Morgan fingerprint density at radius 1 is 0.857 bits per heavy atom. The van der Waals surface area contributed by atoms with Gasteiger partial charge >= 0.3 is 18.3 Å². The maximum Gasteiger partial charge on any atom is 0.416 e. The molecule has 0 radical (unpaired) electrons. The van der Waals surface area contributed by atoms with Crippen molar-refractivity contribution in [3.05, 3.63) is 115 Å². The minimum atomic E-state index is -5.07. The molecule has 0 saturated heterocycles. The lowest BCUT2D eigenvalue weighted by Gasteiger charge is -2.30. The van der Waals surface area contributed by atoms with Gasteiger partial charge in [-0.15, -0.1) is 11.3 Å². The molecule has 1 unspecified atom stereocenters. The van der Waals surface area contributed by atoms with Crippen LogP contribution >= 0.6 is 34.5 Å². The molecule has 1 aromatic heterocycles. The number of aliphatic carboxylic acids is 1. The molecule has 42 heavy (non-hydrogen) atoms. The van der Waals surface area contributed by atoms with Crippen molar-refractivity contribution in [1.82, 2.24) is 4.90 Å². The summed E-state index contributed by atoms with van der Waals surface area (Å²) in [5.41, 5.74) is -2.92. The van der Waals surface area contributed by atoms with E-state index in [1.165, 1.54) is 29.6 Å². The van der Waals surface area contributed by atoms with Crippen LogP contribution in [0.4, 0.5) is 26.3 Å². The van der Waals surface area contributed by atoms with Gasteiger partial charge in [0.2, 0.25) is 0 Å². The van der Waals surface area contributed by atoms with Crippen molar-refractivity contribution in [2.45, 2.75) is 31.4 Å². The number of rotatable bonds is 8. The maximum absolute atomic E-state index is 13.8. The third kappa shape index (κ3) is 7.26. The fourth-order valence-electron chi connectivity index (χ4n) is 4.29. The molecule has 4 nitrogen and oxygen atoms in total. The normalized spacial score (nSPS) is 12.7. The average Bonchev–Trinajstić information content (AvgIpc) is 3.38. The summed E-state index contributed by atoms with van der Waals surface area (Å²) < 4.78 is 81.3. The zero-order valence-corrected chi connectivity index (χ0v) is 23.5. The Morgan fingerprint density at radius 2 is 1.48 bits per heavy atom. The molecule has 0 bridgehead atoms. The molecule has 1 amide bonds. The van der Waals surface area contributed by atoms with E-state index in [0.717, 1.165) is 16.2 Å². The number of hydrogen-bond acceptors (Lipinski definition) is 3. The van der Waals surface area contributed by atoms with E-state index >= 15 is 0 Å². The molecular formula is C29H19Cl2F6NO3S. The molecular weight excluding hydrogens is 627 g/mol. The largest absolute Gasteiger partial charge is 0.480 e. The molecule has 1 N–H and O–H groups in total. The maximum atomic E-state index is 13.8. The van der Waals surface area contributed by atoms with E-state index in [0.29, 0.717) is 17.7 Å². The number of nitrogens with zero attached hydrogens (tertiary/aromatic N) is 1. The smallest absolute Gasteiger partial charge is 0.416 e. The first-order valence-corrected chi connectivity index (χ1v) is 13.7. The van der Waals surface area contributed by atoms with Crippen molar-refractivity contribution in [1.29, 1.82) is 0 Å². The summed E-state index contributed by atoms with van der Waals surface area (Å²) in [5.74, 6) is -2.20. The van der Waals surface area contributed by atoms with Gasteiger partial charge in [-0.2, -0.15) is 26.3 Å². The Hall–Kier alpha value is -3.54. The van der Waals surface area contributed by atoms with Crippen LogP contribution in [0, 0.1) is 0 Å². The van der Waals surface area contributed by atoms with E-state index in [9.17, 15) is 41.0 Å². The third-order valence-electron chi connectivity index (χ3n) is 6.31. The van der Waals surface area contributed by atoms with Crippen LogP contribution in [0.25, 0.3) is 11.1 Å². The molecule has 0 aliphatic carbocycles. The minimum Gasteiger partial charge on any atom is -0.480 e. The fourth-order valence-corrected chi connectivity index (χ4v) is 5.68. The van der Waals surface area contributed by atoms with Crippen LogP contribution in [0.5, 0.6) is 0 Å². The highest BCUT2D eigenvalue weighted by molar-refractivity contribution is 7.10. The van der Waals surface area contributed by atoms with Crippen LogP contribution in [-0.2, 0) is 30.1 Å². The second-order valence-corrected chi connectivity index (χ2v) is 11.0. The quantitative estimate of drug-likeness (QED) is 0.194. The first-order valence-electron chi connectivity index (χ1n) is 12.0. The summed E-state index contributed by atoms with van der Waals surface area (Å²) >= 11 is 13.2. The topological polar surface area (TPSA) is 57.6 Å². The molecule has 13 heteroatoms. The van der Waals surface area contributed by atoms with E-state index in [-0.39, 0.29) is 44.1 Å². The Kier molecular flexibility index (Phi) is 9.24. The van der Waals surface area contributed by atoms with E-state index in [2.05, 4.69) is 0 Å². The van der Waals surface area contributed by atoms with Gasteiger partial charge in [0.1, 0.15) is 6.04 Å². The number of carbonyl (C=O) groups excluding carboxylic acids is 1. The zero-order chi connectivity index (χ0) is 30.8. The summed E-state index contributed by atoms with van der Waals surface area (Å²) in [6.07, 6.45) is -10.3. The second-order valence-electron chi connectivity index (χ2n) is 9.15. The molecule has 1 atom stereocenters. The third-order valence-corrected chi connectivity index (χ3v) is 7.77. The summed E-state index contributed by atoms with van der Waals surface area (Å²) in [5, 5.41) is 11.8. The van der Waals surface area contributed by atoms with Crippen LogP contribution in [0.2, 0.25) is 10.0 Å². The highest BCUT2D eigenvalue weighted by atomic mass is 35.5. The van der Waals surface area contributed by atoms with Crippen LogP contribution in [-0.4, -0.2) is 27.9 Å². The second kappa shape index (κ2) is 12.4. The van der Waals surface area contributed by atoms with Gasteiger partial charge in [0.05, 0.1) is 28.3 Å². The van der Waals surface area contributed by atoms with E-state index in [4.69, 9.17) is 23.2 Å². The van der Waals surface area contributed by atoms with E-state index < -0.39 is 47.9 Å². The van der Waals surface area contributed by atoms with Crippen LogP contribution in [0.1, 0.15) is 31.9 Å². The van der Waals surface area contributed by atoms with Crippen molar-refractivity contribution in [3.63, 3.8) is 0 Å². The zero-order valence-electron chi connectivity index (χ0n) is 21.1. The monoisotopic (exact) mass is 645 g/mol. The van der Waals surface area contributed by atoms with Gasteiger partial charge in [0.25, 0.3) is 5.91 Å². The molecule has 0 fully saturated rings. The highest BCUT2D eigenvalue weighted by Crippen LogP contribution is 2.40. The number of carbonyl (C=O) groups is 2. The number of amides is 1. The van der Waals surface area contributed by atoms with Gasteiger partial charge in [-0.25, -0.2) is 4.79 Å². The summed E-state index contributed by atoms with van der Waals surface area (Å²) in [6, 6.07) is 13.4. The highest BCUT2D eigenvalue weighted by Gasteiger charge is 2.38. The van der Waals surface area contributed by atoms with E-state index in [1.807, 2.05) is 0 Å². The summed E-state index contributed by atoms with van der Waals surface area (Å²) in [4.78, 5) is 27.5. The lowest BCUT2D eigenvalue weighted by Crippen LogP contribution is -2.46. The van der Waals surface area contributed by atoms with Crippen molar-refractivity contribution < 1.29 is 41.0 Å². The first kappa shape index (κ1) is 31.4. The molecule has 0 aliphatic rings. The molecule has 0 spiro atoms. The Balaban J connectivity index is 1.83. The molecule has 4 aromatic rings. The van der Waals surface area contributed by atoms with Gasteiger partial charge in [-0.1, -0.05) is 53.5 Å². The molecule has 3 aromatic carbocycles. The number of halogens is 8. The van der Waals surface area contributed by atoms with Crippen LogP contribution in [0.15, 0.2) is 78.2 Å². The number of carboxylic acids is 1. The predicted molar refractivity (Wildman–Crippen MR) is 148 cm³/mol. The standard InChI is InChI=1S/C29H19Cl2F6NO3S/c30-20-6-7-22(23(31)14-20)26(39)38(24(27(40)41)10-16-4-2-1-3-5-16)15-25-21(8-9-42-25)17-11-18(28(32,33)34)13-19(12-17)29(35,36)37/h1-9,11-14,24H,10,15H2,(H,40,41). The first-order chi connectivity index (χ1) is 19.6. The molecule has 0 saturated carbocycles. The Morgan fingerprint density at radius 3 is 2.02 bits per heavy atom. The van der Waals surface area contributed by atoms with Crippen LogP contribution < -0.4 is 0 Å².